The summed E-state index contributed by atoms with van der Waals surface area (Å²) in [4.78, 5) is 0. The Labute approximate surface area is 95.8 Å². The van der Waals surface area contributed by atoms with Crippen LogP contribution in [-0.2, 0) is 0 Å². The molecule has 2 N–H and O–H groups in total. The first kappa shape index (κ1) is 13.0. The van der Waals surface area contributed by atoms with Crippen molar-refractivity contribution in [2.24, 2.45) is 28.4 Å². The van der Waals surface area contributed by atoms with Crippen molar-refractivity contribution in [2.75, 3.05) is 0 Å². The Morgan fingerprint density at radius 2 is 1.80 bits per heavy atom. The lowest BCUT2D eigenvalue weighted by Gasteiger charge is -2.50. The van der Waals surface area contributed by atoms with Gasteiger partial charge >= 0.3 is 0 Å². The van der Waals surface area contributed by atoms with E-state index in [2.05, 4.69) is 41.5 Å². The molecular formula is C14H29N. The minimum Gasteiger partial charge on any atom is -0.327 e. The summed E-state index contributed by atoms with van der Waals surface area (Å²) in [7, 11) is 0. The van der Waals surface area contributed by atoms with Gasteiger partial charge in [-0.05, 0) is 41.9 Å². The normalized spacial score (nSPS) is 38.4. The molecule has 90 valence electrons. The maximum Gasteiger partial charge on any atom is 0.00749 e. The minimum absolute atomic E-state index is 0.382. The van der Waals surface area contributed by atoms with Crippen LogP contribution < -0.4 is 5.73 Å². The van der Waals surface area contributed by atoms with Crippen LogP contribution in [-0.4, -0.2) is 6.04 Å². The molecule has 0 aliphatic heterocycles. The zero-order chi connectivity index (χ0) is 11.9. The van der Waals surface area contributed by atoms with Crippen molar-refractivity contribution < 1.29 is 0 Å². The molecule has 0 aromatic heterocycles. The topological polar surface area (TPSA) is 26.0 Å². The van der Waals surface area contributed by atoms with E-state index in [1.54, 1.807) is 0 Å². The fourth-order valence-corrected chi connectivity index (χ4v) is 2.98. The Bertz CT molecular complexity index is 214. The molecule has 0 saturated heterocycles. The van der Waals surface area contributed by atoms with Crippen molar-refractivity contribution >= 4 is 0 Å². The van der Waals surface area contributed by atoms with Crippen molar-refractivity contribution in [3.05, 3.63) is 0 Å². The molecule has 1 nitrogen and oxygen atoms in total. The molecular weight excluding hydrogens is 182 g/mol. The highest BCUT2D eigenvalue weighted by atomic mass is 14.7. The molecule has 1 aliphatic rings. The Morgan fingerprint density at radius 3 is 2.13 bits per heavy atom. The molecule has 0 aromatic carbocycles. The second kappa shape index (κ2) is 4.08. The SMILES string of the molecule is CC(C)C1CCC(C)(C(C)(C)C)CC1N. The van der Waals surface area contributed by atoms with E-state index in [-0.39, 0.29) is 0 Å². The van der Waals surface area contributed by atoms with E-state index in [0.29, 0.717) is 16.9 Å². The summed E-state index contributed by atoms with van der Waals surface area (Å²) < 4.78 is 0. The summed E-state index contributed by atoms with van der Waals surface area (Å²) in [5.74, 6) is 1.48. The van der Waals surface area contributed by atoms with E-state index in [1.807, 2.05) is 0 Å². The Kier molecular flexibility index (Phi) is 3.55. The molecule has 15 heavy (non-hydrogen) atoms. The lowest BCUT2D eigenvalue weighted by molar-refractivity contribution is 0.0195. The van der Waals surface area contributed by atoms with Crippen LogP contribution in [0.5, 0.6) is 0 Å². The summed E-state index contributed by atoms with van der Waals surface area (Å²) in [5, 5.41) is 0. The van der Waals surface area contributed by atoms with Gasteiger partial charge < -0.3 is 5.73 Å². The lowest BCUT2D eigenvalue weighted by atomic mass is 9.57. The highest BCUT2D eigenvalue weighted by Crippen LogP contribution is 2.50. The van der Waals surface area contributed by atoms with Crippen molar-refractivity contribution in [1.29, 1.82) is 0 Å². The van der Waals surface area contributed by atoms with E-state index < -0.39 is 0 Å². The Hall–Kier alpha value is -0.0400. The van der Waals surface area contributed by atoms with Crippen LogP contribution >= 0.6 is 0 Å². The summed E-state index contributed by atoms with van der Waals surface area (Å²) in [5.41, 5.74) is 7.16. The molecule has 1 saturated carbocycles. The van der Waals surface area contributed by atoms with E-state index in [4.69, 9.17) is 5.73 Å². The lowest BCUT2D eigenvalue weighted by Crippen LogP contribution is -2.47. The van der Waals surface area contributed by atoms with Crippen LogP contribution in [0.3, 0.4) is 0 Å². The monoisotopic (exact) mass is 211 g/mol. The molecule has 0 amide bonds. The van der Waals surface area contributed by atoms with Crippen LogP contribution in [0.25, 0.3) is 0 Å². The zero-order valence-electron chi connectivity index (χ0n) is 11.4. The van der Waals surface area contributed by atoms with Gasteiger partial charge in [0, 0.05) is 6.04 Å². The average molecular weight is 211 g/mol. The van der Waals surface area contributed by atoms with E-state index in [1.165, 1.54) is 19.3 Å². The smallest absolute Gasteiger partial charge is 0.00749 e. The highest BCUT2D eigenvalue weighted by molar-refractivity contribution is 4.96. The Morgan fingerprint density at radius 1 is 1.27 bits per heavy atom. The molecule has 0 aromatic rings. The molecule has 1 rings (SSSR count). The fourth-order valence-electron chi connectivity index (χ4n) is 2.98. The van der Waals surface area contributed by atoms with Crippen molar-refractivity contribution in [3.63, 3.8) is 0 Å². The number of rotatable bonds is 1. The van der Waals surface area contributed by atoms with Gasteiger partial charge in [-0.2, -0.15) is 0 Å². The van der Waals surface area contributed by atoms with Gasteiger partial charge in [-0.1, -0.05) is 41.5 Å². The van der Waals surface area contributed by atoms with Gasteiger partial charge in [0.2, 0.25) is 0 Å². The van der Waals surface area contributed by atoms with Crippen molar-refractivity contribution in [1.82, 2.24) is 0 Å². The van der Waals surface area contributed by atoms with E-state index in [9.17, 15) is 0 Å². The molecule has 0 spiro atoms. The van der Waals surface area contributed by atoms with E-state index in [0.717, 1.165) is 11.8 Å². The predicted molar refractivity (Wildman–Crippen MR) is 67.7 cm³/mol. The maximum absolute atomic E-state index is 6.35. The van der Waals surface area contributed by atoms with Crippen molar-refractivity contribution in [2.45, 2.75) is 66.8 Å². The highest BCUT2D eigenvalue weighted by Gasteiger charge is 2.43. The largest absolute Gasteiger partial charge is 0.327 e. The first-order valence-electron chi connectivity index (χ1n) is 6.43. The van der Waals surface area contributed by atoms with Gasteiger partial charge in [-0.25, -0.2) is 0 Å². The average Bonchev–Trinajstić information content (AvgIpc) is 2.00. The molecule has 3 atom stereocenters. The van der Waals surface area contributed by atoms with Gasteiger partial charge in [-0.3, -0.25) is 0 Å². The maximum atomic E-state index is 6.35. The van der Waals surface area contributed by atoms with Gasteiger partial charge in [0.15, 0.2) is 0 Å². The molecule has 0 bridgehead atoms. The van der Waals surface area contributed by atoms with Gasteiger partial charge in [0.05, 0.1) is 0 Å². The van der Waals surface area contributed by atoms with Gasteiger partial charge in [0.25, 0.3) is 0 Å². The molecule has 0 radical (unpaired) electrons. The zero-order valence-corrected chi connectivity index (χ0v) is 11.4. The third kappa shape index (κ3) is 2.55. The van der Waals surface area contributed by atoms with Crippen molar-refractivity contribution in [3.8, 4) is 0 Å². The molecule has 1 aliphatic carbocycles. The van der Waals surface area contributed by atoms with Crippen LogP contribution in [0.1, 0.15) is 60.8 Å². The number of hydrogen-bond donors (Lipinski definition) is 1. The second-order valence-corrected chi connectivity index (χ2v) is 7.13. The molecule has 0 heterocycles. The Balaban J connectivity index is 2.73. The van der Waals surface area contributed by atoms with Crippen LogP contribution in [0.2, 0.25) is 0 Å². The molecule has 3 unspecified atom stereocenters. The summed E-state index contributed by atoms with van der Waals surface area (Å²) in [6, 6.07) is 0.406. The fraction of sp³-hybridized carbons (Fsp3) is 1.00. The summed E-state index contributed by atoms with van der Waals surface area (Å²) >= 11 is 0. The van der Waals surface area contributed by atoms with E-state index >= 15 is 0 Å². The van der Waals surface area contributed by atoms with Gasteiger partial charge in [0.1, 0.15) is 0 Å². The first-order valence-corrected chi connectivity index (χ1v) is 6.43. The first-order chi connectivity index (χ1) is 6.67. The predicted octanol–water partition coefficient (Wildman–Crippen LogP) is 3.82. The number of nitrogens with two attached hydrogens (primary N) is 1. The summed E-state index contributed by atoms with van der Waals surface area (Å²) in [6.07, 6.45) is 3.85. The van der Waals surface area contributed by atoms with Crippen LogP contribution in [0.15, 0.2) is 0 Å². The second-order valence-electron chi connectivity index (χ2n) is 7.13. The molecule has 1 heteroatoms. The quantitative estimate of drug-likeness (QED) is 0.701. The standard InChI is InChI=1S/C14H29N/c1-10(2)11-7-8-14(6,9-12(11)15)13(3,4)5/h10-12H,7-9,15H2,1-6H3. The third-order valence-electron chi connectivity index (χ3n) is 4.93. The summed E-state index contributed by atoms with van der Waals surface area (Å²) in [6.45, 7) is 14.1. The minimum atomic E-state index is 0.382. The van der Waals surface area contributed by atoms with Crippen LogP contribution in [0, 0.1) is 22.7 Å². The van der Waals surface area contributed by atoms with Gasteiger partial charge in [-0.15, -0.1) is 0 Å². The number of hydrogen-bond acceptors (Lipinski definition) is 1. The van der Waals surface area contributed by atoms with Crippen LogP contribution in [0.4, 0.5) is 0 Å². The third-order valence-corrected chi connectivity index (χ3v) is 4.93. The molecule has 1 fully saturated rings.